The molecule has 0 aromatic heterocycles. The van der Waals surface area contributed by atoms with Crippen LogP contribution in [0.2, 0.25) is 0 Å². The number of nitro benzene ring substituents is 1. The fraction of sp³-hybridized carbons (Fsp3) is 0.0714. The van der Waals surface area contributed by atoms with Crippen LogP contribution >= 0.6 is 15.9 Å². The second-order valence-electron chi connectivity index (χ2n) is 7.87. The van der Waals surface area contributed by atoms with Gasteiger partial charge in [0.25, 0.3) is 11.6 Å². The number of nitro groups is 1. The number of fused-ring (bicyclic) bond motifs is 1. The summed E-state index contributed by atoms with van der Waals surface area (Å²) in [4.78, 5) is 23.7. The summed E-state index contributed by atoms with van der Waals surface area (Å²) < 4.78 is 11.8. The van der Waals surface area contributed by atoms with Gasteiger partial charge in [-0.25, -0.2) is 0 Å². The minimum absolute atomic E-state index is 0.0568. The fourth-order valence-electron chi connectivity index (χ4n) is 3.73. The first kappa shape index (κ1) is 25.4. The number of halogens is 1. The van der Waals surface area contributed by atoms with Crippen LogP contribution in [0, 0.1) is 21.4 Å². The number of amides is 1. The lowest BCUT2D eigenvalue weighted by molar-refractivity contribution is -0.384. The van der Waals surface area contributed by atoms with Crippen molar-refractivity contribution in [1.29, 1.82) is 5.26 Å². The van der Waals surface area contributed by atoms with Crippen molar-refractivity contribution in [2.75, 3.05) is 12.4 Å². The van der Waals surface area contributed by atoms with Gasteiger partial charge in [-0.3, -0.25) is 14.9 Å². The third-order valence-corrected chi connectivity index (χ3v) is 6.04. The molecule has 0 saturated heterocycles. The molecule has 8 nitrogen and oxygen atoms in total. The van der Waals surface area contributed by atoms with Crippen molar-refractivity contribution in [1.82, 2.24) is 0 Å². The number of rotatable bonds is 8. The van der Waals surface area contributed by atoms with Crippen LogP contribution in [-0.4, -0.2) is 17.9 Å². The Morgan fingerprint density at radius 1 is 1.11 bits per heavy atom. The summed E-state index contributed by atoms with van der Waals surface area (Å²) in [6.07, 6.45) is 1.38. The number of benzene rings is 4. The highest BCUT2D eigenvalue weighted by atomic mass is 79.9. The number of hydrogen-bond acceptors (Lipinski definition) is 6. The summed E-state index contributed by atoms with van der Waals surface area (Å²) in [6, 6.07) is 25.1. The number of nitriles is 1. The molecular formula is C28H20BrN3O5. The Balaban J connectivity index is 1.61. The molecule has 0 unspecified atom stereocenters. The minimum Gasteiger partial charge on any atom is -0.496 e. The first-order chi connectivity index (χ1) is 17.9. The van der Waals surface area contributed by atoms with Gasteiger partial charge in [0.1, 0.15) is 35.4 Å². The lowest BCUT2D eigenvalue weighted by Gasteiger charge is -2.12. The maximum atomic E-state index is 12.9. The molecule has 37 heavy (non-hydrogen) atoms. The molecule has 0 fully saturated rings. The second kappa shape index (κ2) is 11.4. The number of carbonyl (C=O) groups is 1. The van der Waals surface area contributed by atoms with Gasteiger partial charge in [-0.05, 0) is 52.7 Å². The molecule has 1 amide bonds. The molecule has 0 atom stereocenters. The Morgan fingerprint density at radius 2 is 1.89 bits per heavy atom. The first-order valence-corrected chi connectivity index (χ1v) is 11.8. The zero-order valence-corrected chi connectivity index (χ0v) is 21.2. The quantitative estimate of drug-likeness (QED) is 0.112. The van der Waals surface area contributed by atoms with Crippen molar-refractivity contribution >= 4 is 50.1 Å². The monoisotopic (exact) mass is 557 g/mol. The summed E-state index contributed by atoms with van der Waals surface area (Å²) in [5, 5.41) is 25.8. The molecule has 0 aliphatic heterocycles. The van der Waals surface area contributed by atoms with Gasteiger partial charge in [-0.2, -0.15) is 5.26 Å². The number of nitrogens with one attached hydrogen (secondary N) is 1. The number of methoxy groups -OCH3 is 1. The van der Waals surface area contributed by atoms with Gasteiger partial charge in [0.15, 0.2) is 0 Å². The van der Waals surface area contributed by atoms with Gasteiger partial charge in [-0.15, -0.1) is 0 Å². The number of anilines is 1. The van der Waals surface area contributed by atoms with E-state index in [1.54, 1.807) is 18.2 Å². The second-order valence-corrected chi connectivity index (χ2v) is 8.79. The van der Waals surface area contributed by atoms with E-state index in [1.807, 2.05) is 48.5 Å². The fourth-order valence-corrected chi connectivity index (χ4v) is 4.11. The maximum Gasteiger partial charge on any atom is 0.296 e. The van der Waals surface area contributed by atoms with Gasteiger partial charge < -0.3 is 14.8 Å². The number of carbonyl (C=O) groups excluding carboxylic acids is 1. The third-order valence-electron chi connectivity index (χ3n) is 5.55. The number of ether oxygens (including phenoxy) is 2. The molecule has 0 bridgehead atoms. The van der Waals surface area contributed by atoms with Crippen LogP contribution in [0.25, 0.3) is 16.8 Å². The van der Waals surface area contributed by atoms with E-state index in [0.29, 0.717) is 11.3 Å². The minimum atomic E-state index is -0.796. The Morgan fingerprint density at radius 3 is 2.65 bits per heavy atom. The SMILES string of the molecule is COc1ccc(NC(=O)/C(C#N)=C/c2cc(Br)ccc2OCc2cccc3ccccc23)c([N+](=O)[O-])c1. The molecule has 0 spiro atoms. The summed E-state index contributed by atoms with van der Waals surface area (Å²) in [7, 11) is 1.38. The van der Waals surface area contributed by atoms with Gasteiger partial charge in [-0.1, -0.05) is 58.4 Å². The molecule has 4 aromatic rings. The Kier molecular flexibility index (Phi) is 7.81. The smallest absolute Gasteiger partial charge is 0.296 e. The van der Waals surface area contributed by atoms with Crippen molar-refractivity contribution in [3.8, 4) is 17.6 Å². The van der Waals surface area contributed by atoms with Gasteiger partial charge in [0.05, 0.1) is 18.1 Å². The van der Waals surface area contributed by atoms with Gasteiger partial charge >= 0.3 is 0 Å². The van der Waals surface area contributed by atoms with Crippen LogP contribution in [0.15, 0.2) is 88.9 Å². The Bertz CT molecular complexity index is 1570. The molecule has 9 heteroatoms. The third kappa shape index (κ3) is 5.94. The van der Waals surface area contributed by atoms with Crippen molar-refractivity contribution in [3.05, 3.63) is 110 Å². The molecule has 184 valence electrons. The van der Waals surface area contributed by atoms with Gasteiger partial charge in [0, 0.05) is 10.0 Å². The van der Waals surface area contributed by atoms with E-state index in [9.17, 15) is 20.2 Å². The van der Waals surface area contributed by atoms with E-state index >= 15 is 0 Å². The normalized spacial score (nSPS) is 11.0. The van der Waals surface area contributed by atoms with Crippen LogP contribution in [0.5, 0.6) is 11.5 Å². The molecule has 1 N–H and O–H groups in total. The average molecular weight is 558 g/mol. The van der Waals surface area contributed by atoms with Crippen LogP contribution in [0.1, 0.15) is 11.1 Å². The van der Waals surface area contributed by atoms with E-state index in [0.717, 1.165) is 20.8 Å². The van der Waals surface area contributed by atoms with Crippen LogP contribution in [0.3, 0.4) is 0 Å². The number of nitrogens with zero attached hydrogens (tertiary/aromatic N) is 2. The van der Waals surface area contributed by atoms with Crippen LogP contribution in [0.4, 0.5) is 11.4 Å². The topological polar surface area (TPSA) is 114 Å². The van der Waals surface area contributed by atoms with E-state index in [4.69, 9.17) is 9.47 Å². The van der Waals surface area contributed by atoms with E-state index < -0.39 is 10.8 Å². The lowest BCUT2D eigenvalue weighted by atomic mass is 10.1. The first-order valence-electron chi connectivity index (χ1n) is 11.0. The van der Waals surface area contributed by atoms with Crippen LogP contribution in [-0.2, 0) is 11.4 Å². The molecule has 0 saturated carbocycles. The summed E-state index contributed by atoms with van der Waals surface area (Å²) >= 11 is 3.41. The zero-order chi connectivity index (χ0) is 26.4. The maximum absolute atomic E-state index is 12.9. The highest BCUT2D eigenvalue weighted by molar-refractivity contribution is 9.10. The largest absolute Gasteiger partial charge is 0.496 e. The molecule has 4 aromatic carbocycles. The average Bonchev–Trinajstić information content (AvgIpc) is 2.91. The Labute approximate surface area is 221 Å². The van der Waals surface area contributed by atoms with Crippen molar-refractivity contribution in [2.45, 2.75) is 6.61 Å². The number of hydrogen-bond donors (Lipinski definition) is 1. The van der Waals surface area contributed by atoms with Crippen LogP contribution < -0.4 is 14.8 Å². The van der Waals surface area contributed by atoms with Crippen molar-refractivity contribution < 1.29 is 19.2 Å². The standard InChI is InChI=1S/C28H20BrN3O5/c1-36-23-10-11-25(26(15-23)32(34)35)31-28(33)21(16-30)13-20-14-22(29)9-12-27(20)37-17-19-7-4-6-18-5-2-3-8-24(18)19/h2-15H,17H2,1H3,(H,31,33)/b21-13+. The molecule has 4 rings (SSSR count). The van der Waals surface area contributed by atoms with E-state index in [2.05, 4.69) is 21.2 Å². The van der Waals surface area contributed by atoms with Crippen molar-refractivity contribution in [3.63, 3.8) is 0 Å². The Hall–Kier alpha value is -4.68. The predicted molar refractivity (Wildman–Crippen MR) is 144 cm³/mol. The molecule has 0 aliphatic rings. The summed E-state index contributed by atoms with van der Waals surface area (Å²) in [6.45, 7) is 0.274. The zero-order valence-electron chi connectivity index (χ0n) is 19.6. The highest BCUT2D eigenvalue weighted by Crippen LogP contribution is 2.31. The highest BCUT2D eigenvalue weighted by Gasteiger charge is 2.19. The predicted octanol–water partition coefficient (Wildman–Crippen LogP) is 6.64. The van der Waals surface area contributed by atoms with Crippen molar-refractivity contribution in [2.24, 2.45) is 0 Å². The molecular weight excluding hydrogens is 538 g/mol. The molecule has 0 heterocycles. The summed E-state index contributed by atoms with van der Waals surface area (Å²) in [5.41, 5.74) is 0.815. The molecule has 0 aliphatic carbocycles. The van der Waals surface area contributed by atoms with E-state index in [1.165, 1.54) is 31.4 Å². The van der Waals surface area contributed by atoms with E-state index in [-0.39, 0.29) is 29.3 Å². The van der Waals surface area contributed by atoms with Gasteiger partial charge in [0.2, 0.25) is 0 Å². The lowest BCUT2D eigenvalue weighted by Crippen LogP contribution is -2.14. The summed E-state index contributed by atoms with van der Waals surface area (Å²) in [5.74, 6) is -0.0641. The molecule has 0 radical (unpaired) electrons.